The van der Waals surface area contributed by atoms with E-state index in [1.165, 1.54) is 7.11 Å². The first-order valence-electron chi connectivity index (χ1n) is 4.61. The maximum atomic E-state index is 10.9. The Hall–Kier alpha value is -1.35. The highest BCUT2D eigenvalue weighted by Gasteiger charge is 2.01. The van der Waals surface area contributed by atoms with E-state index in [4.69, 9.17) is 5.73 Å². The van der Waals surface area contributed by atoms with Gasteiger partial charge in [-0.15, -0.1) is 0 Å². The van der Waals surface area contributed by atoms with Gasteiger partial charge < -0.3 is 10.5 Å². The molecule has 0 bridgehead atoms. The first-order valence-corrected chi connectivity index (χ1v) is 4.61. The third-order valence-electron chi connectivity index (χ3n) is 2.07. The number of esters is 1. The lowest BCUT2D eigenvalue weighted by Gasteiger charge is -2.02. The molecule has 0 aromatic heterocycles. The molecule has 0 saturated heterocycles. The second-order valence-corrected chi connectivity index (χ2v) is 3.10. The summed E-state index contributed by atoms with van der Waals surface area (Å²) in [5.41, 5.74) is 7.72. The summed E-state index contributed by atoms with van der Waals surface area (Å²) in [6, 6.07) is 7.93. The van der Waals surface area contributed by atoms with Gasteiger partial charge in [0.25, 0.3) is 0 Å². The number of carbonyl (C=O) groups is 1. The van der Waals surface area contributed by atoms with Gasteiger partial charge in [0.05, 0.1) is 7.11 Å². The summed E-state index contributed by atoms with van der Waals surface area (Å²) in [4.78, 5) is 10.9. The minimum absolute atomic E-state index is 0.178. The van der Waals surface area contributed by atoms with Crippen LogP contribution in [0.4, 0.5) is 0 Å². The van der Waals surface area contributed by atoms with Crippen LogP contribution >= 0.6 is 0 Å². The average molecular weight is 193 g/mol. The van der Waals surface area contributed by atoms with E-state index in [-0.39, 0.29) is 5.97 Å². The minimum Gasteiger partial charge on any atom is -0.469 e. The topological polar surface area (TPSA) is 52.3 Å². The predicted molar refractivity (Wildman–Crippen MR) is 54.7 cm³/mol. The third-order valence-corrected chi connectivity index (χ3v) is 2.07. The monoisotopic (exact) mass is 193 g/mol. The highest BCUT2D eigenvalue weighted by molar-refractivity contribution is 5.69. The normalized spacial score (nSPS) is 9.86. The van der Waals surface area contributed by atoms with Gasteiger partial charge in [0.15, 0.2) is 0 Å². The van der Waals surface area contributed by atoms with Gasteiger partial charge in [0, 0.05) is 13.0 Å². The number of benzene rings is 1. The molecular weight excluding hydrogens is 178 g/mol. The highest BCUT2D eigenvalue weighted by atomic mass is 16.5. The molecule has 0 atom stereocenters. The van der Waals surface area contributed by atoms with Crippen molar-refractivity contribution in [2.24, 2.45) is 5.73 Å². The molecule has 1 aromatic rings. The fourth-order valence-electron chi connectivity index (χ4n) is 1.26. The summed E-state index contributed by atoms with van der Waals surface area (Å²) in [7, 11) is 1.40. The van der Waals surface area contributed by atoms with Crippen LogP contribution in [0.25, 0.3) is 0 Å². The molecule has 1 aromatic carbocycles. The van der Waals surface area contributed by atoms with Crippen LogP contribution in [0.1, 0.15) is 17.5 Å². The van der Waals surface area contributed by atoms with E-state index in [0.717, 1.165) is 11.1 Å². The Kier molecular flexibility index (Phi) is 4.13. The predicted octanol–water partition coefficient (Wildman–Crippen LogP) is 1.25. The standard InChI is InChI=1S/C11H15NO2/c1-14-11(13)6-5-9-3-2-4-10(7-9)8-12/h2-4,7H,5-6,8,12H2,1H3. The summed E-state index contributed by atoms with van der Waals surface area (Å²) in [6.45, 7) is 0.534. The molecule has 0 saturated carbocycles. The zero-order chi connectivity index (χ0) is 10.4. The Morgan fingerprint density at radius 1 is 1.43 bits per heavy atom. The van der Waals surface area contributed by atoms with Crippen molar-refractivity contribution in [2.45, 2.75) is 19.4 Å². The molecule has 0 heterocycles. The number of ether oxygens (including phenoxy) is 1. The van der Waals surface area contributed by atoms with Gasteiger partial charge in [-0.2, -0.15) is 0 Å². The minimum atomic E-state index is -0.178. The van der Waals surface area contributed by atoms with E-state index in [1.807, 2.05) is 24.3 Å². The maximum Gasteiger partial charge on any atom is 0.305 e. The van der Waals surface area contributed by atoms with Crippen molar-refractivity contribution in [3.05, 3.63) is 35.4 Å². The Labute approximate surface area is 83.9 Å². The molecule has 76 valence electrons. The number of rotatable bonds is 4. The van der Waals surface area contributed by atoms with Crippen molar-refractivity contribution in [3.63, 3.8) is 0 Å². The number of hydrogen-bond donors (Lipinski definition) is 1. The van der Waals surface area contributed by atoms with Crippen LogP contribution in [-0.2, 0) is 22.5 Å². The Morgan fingerprint density at radius 2 is 2.14 bits per heavy atom. The van der Waals surface area contributed by atoms with Gasteiger partial charge in [-0.3, -0.25) is 4.79 Å². The fraction of sp³-hybridized carbons (Fsp3) is 0.364. The van der Waals surface area contributed by atoms with Crippen molar-refractivity contribution < 1.29 is 9.53 Å². The van der Waals surface area contributed by atoms with Crippen molar-refractivity contribution in [1.29, 1.82) is 0 Å². The van der Waals surface area contributed by atoms with Crippen LogP contribution < -0.4 is 5.73 Å². The SMILES string of the molecule is COC(=O)CCc1cccc(CN)c1. The van der Waals surface area contributed by atoms with Gasteiger partial charge in [-0.05, 0) is 17.5 Å². The molecule has 14 heavy (non-hydrogen) atoms. The number of hydrogen-bond acceptors (Lipinski definition) is 3. The van der Waals surface area contributed by atoms with Crippen molar-refractivity contribution in [2.75, 3.05) is 7.11 Å². The zero-order valence-corrected chi connectivity index (χ0v) is 8.32. The molecule has 1 rings (SSSR count). The number of methoxy groups -OCH3 is 1. The second-order valence-electron chi connectivity index (χ2n) is 3.10. The molecule has 0 fully saturated rings. The van der Waals surface area contributed by atoms with E-state index in [1.54, 1.807) is 0 Å². The van der Waals surface area contributed by atoms with Gasteiger partial charge in [0.2, 0.25) is 0 Å². The molecule has 0 spiro atoms. The third kappa shape index (κ3) is 3.18. The Bertz CT molecular complexity index is 310. The second kappa shape index (κ2) is 5.40. The largest absolute Gasteiger partial charge is 0.469 e. The van der Waals surface area contributed by atoms with Crippen LogP contribution in [0.3, 0.4) is 0 Å². The Morgan fingerprint density at radius 3 is 2.79 bits per heavy atom. The average Bonchev–Trinajstić information content (AvgIpc) is 2.26. The van der Waals surface area contributed by atoms with Crippen LogP contribution in [0.5, 0.6) is 0 Å². The quantitative estimate of drug-likeness (QED) is 0.732. The first kappa shape index (κ1) is 10.7. The number of nitrogens with two attached hydrogens (primary N) is 1. The lowest BCUT2D eigenvalue weighted by molar-refractivity contribution is -0.140. The van der Waals surface area contributed by atoms with Crippen molar-refractivity contribution in [3.8, 4) is 0 Å². The molecule has 0 amide bonds. The molecule has 0 aliphatic rings. The summed E-state index contributed by atoms with van der Waals surface area (Å²) < 4.78 is 4.56. The van der Waals surface area contributed by atoms with Crippen LogP contribution in [0.15, 0.2) is 24.3 Å². The molecular formula is C11H15NO2. The molecule has 3 nitrogen and oxygen atoms in total. The van der Waals surface area contributed by atoms with E-state index in [9.17, 15) is 4.79 Å². The molecule has 0 unspecified atom stereocenters. The highest BCUT2D eigenvalue weighted by Crippen LogP contribution is 2.07. The molecule has 0 radical (unpaired) electrons. The lowest BCUT2D eigenvalue weighted by Crippen LogP contribution is -2.02. The van der Waals surface area contributed by atoms with Gasteiger partial charge >= 0.3 is 5.97 Å². The molecule has 0 aliphatic carbocycles. The van der Waals surface area contributed by atoms with Crippen molar-refractivity contribution >= 4 is 5.97 Å². The fourth-order valence-corrected chi connectivity index (χ4v) is 1.26. The number of aryl methyl sites for hydroxylation is 1. The van der Waals surface area contributed by atoms with Crippen LogP contribution in [0.2, 0.25) is 0 Å². The van der Waals surface area contributed by atoms with E-state index in [0.29, 0.717) is 19.4 Å². The molecule has 3 heteroatoms. The lowest BCUT2D eigenvalue weighted by atomic mass is 10.1. The molecule has 0 aliphatic heterocycles. The van der Waals surface area contributed by atoms with Crippen LogP contribution in [-0.4, -0.2) is 13.1 Å². The van der Waals surface area contributed by atoms with Gasteiger partial charge in [-0.1, -0.05) is 24.3 Å². The van der Waals surface area contributed by atoms with E-state index in [2.05, 4.69) is 4.74 Å². The number of carbonyl (C=O) groups excluding carboxylic acids is 1. The van der Waals surface area contributed by atoms with E-state index >= 15 is 0 Å². The van der Waals surface area contributed by atoms with Gasteiger partial charge in [-0.25, -0.2) is 0 Å². The summed E-state index contributed by atoms with van der Waals surface area (Å²) in [5.74, 6) is -0.178. The first-order chi connectivity index (χ1) is 6.76. The Balaban J connectivity index is 2.54. The zero-order valence-electron chi connectivity index (χ0n) is 8.32. The molecule has 2 N–H and O–H groups in total. The summed E-state index contributed by atoms with van der Waals surface area (Å²) in [6.07, 6.45) is 1.13. The smallest absolute Gasteiger partial charge is 0.305 e. The van der Waals surface area contributed by atoms with E-state index < -0.39 is 0 Å². The van der Waals surface area contributed by atoms with Crippen molar-refractivity contribution in [1.82, 2.24) is 0 Å². The summed E-state index contributed by atoms with van der Waals surface area (Å²) >= 11 is 0. The summed E-state index contributed by atoms with van der Waals surface area (Å²) in [5, 5.41) is 0. The van der Waals surface area contributed by atoms with Crippen LogP contribution in [0, 0.1) is 0 Å². The van der Waals surface area contributed by atoms with Gasteiger partial charge in [0.1, 0.15) is 0 Å². The maximum absolute atomic E-state index is 10.9.